The molecule has 1 aliphatic heterocycles. The van der Waals surface area contributed by atoms with Crippen molar-refractivity contribution >= 4 is 23.9 Å². The summed E-state index contributed by atoms with van der Waals surface area (Å²) in [6.07, 6.45) is 1.96. The maximum absolute atomic E-state index is 12.0. The summed E-state index contributed by atoms with van der Waals surface area (Å²) in [5, 5.41) is 4.00. The van der Waals surface area contributed by atoms with E-state index in [1.807, 2.05) is 61.2 Å². The van der Waals surface area contributed by atoms with Crippen LogP contribution in [0.1, 0.15) is 21.5 Å². The number of thioether (sulfide) groups is 1. The van der Waals surface area contributed by atoms with Crippen LogP contribution in [0.2, 0.25) is 0 Å². The van der Waals surface area contributed by atoms with Crippen molar-refractivity contribution in [2.75, 3.05) is 11.5 Å². The number of rotatable bonds is 5. The van der Waals surface area contributed by atoms with Gasteiger partial charge in [0.2, 0.25) is 0 Å². The zero-order valence-corrected chi connectivity index (χ0v) is 13.7. The van der Waals surface area contributed by atoms with Crippen LogP contribution in [0.3, 0.4) is 0 Å². The van der Waals surface area contributed by atoms with E-state index in [0.717, 1.165) is 28.4 Å². The van der Waals surface area contributed by atoms with Crippen molar-refractivity contribution in [1.29, 1.82) is 0 Å². The third kappa shape index (κ3) is 4.36. The molecule has 3 rings (SSSR count). The number of carbonyl (C=O) groups is 1. The van der Waals surface area contributed by atoms with E-state index in [1.54, 1.807) is 12.3 Å². The van der Waals surface area contributed by atoms with Crippen LogP contribution in [0.15, 0.2) is 53.6 Å². The Hall–Kier alpha value is -2.27. The first-order valence-electron chi connectivity index (χ1n) is 7.45. The lowest BCUT2D eigenvalue weighted by molar-refractivity contribution is 0.0955. The Bertz CT molecular complexity index is 709. The van der Waals surface area contributed by atoms with Crippen molar-refractivity contribution in [2.45, 2.75) is 13.0 Å². The highest BCUT2D eigenvalue weighted by molar-refractivity contribution is 8.00. The average Bonchev–Trinajstić information content (AvgIpc) is 2.52. The lowest BCUT2D eigenvalue weighted by atomic mass is 10.1. The summed E-state index contributed by atoms with van der Waals surface area (Å²) in [5.41, 5.74) is 5.09. The summed E-state index contributed by atoms with van der Waals surface area (Å²) in [6, 6.07) is 15.1. The van der Waals surface area contributed by atoms with Crippen molar-refractivity contribution in [2.24, 2.45) is 5.10 Å². The highest BCUT2D eigenvalue weighted by Gasteiger charge is 2.19. The first-order chi connectivity index (χ1) is 11.2. The molecule has 5 heteroatoms. The molecule has 2 aromatic rings. The third-order valence-electron chi connectivity index (χ3n) is 3.45. The number of aryl methyl sites for hydroxylation is 1. The quantitative estimate of drug-likeness (QED) is 0.678. The standard InChI is InChI=1S/C18H18N2O2S/c1-13-3-2-4-15(9-13)18(21)20-19-10-14-5-7-16(8-6-14)22-17-11-23-12-17/h2-10,17H,11-12H2,1H3,(H,20,21)/b19-10+. The average molecular weight is 326 g/mol. The van der Waals surface area contributed by atoms with Gasteiger partial charge in [0.15, 0.2) is 0 Å². The zero-order valence-electron chi connectivity index (χ0n) is 12.9. The maximum Gasteiger partial charge on any atom is 0.271 e. The molecular formula is C18H18N2O2S. The molecule has 23 heavy (non-hydrogen) atoms. The molecular weight excluding hydrogens is 308 g/mol. The predicted octanol–water partition coefficient (Wildman–Crippen LogP) is 3.25. The van der Waals surface area contributed by atoms with Gasteiger partial charge in [-0.05, 0) is 48.9 Å². The van der Waals surface area contributed by atoms with Gasteiger partial charge >= 0.3 is 0 Å². The Morgan fingerprint density at radius 2 is 2.04 bits per heavy atom. The number of amides is 1. The lowest BCUT2D eigenvalue weighted by Gasteiger charge is -2.25. The fourth-order valence-electron chi connectivity index (χ4n) is 2.12. The van der Waals surface area contributed by atoms with Crippen LogP contribution in [0.5, 0.6) is 5.75 Å². The van der Waals surface area contributed by atoms with Gasteiger partial charge in [-0.15, -0.1) is 0 Å². The fraction of sp³-hybridized carbons (Fsp3) is 0.222. The number of ether oxygens (including phenoxy) is 1. The van der Waals surface area contributed by atoms with Crippen molar-refractivity contribution < 1.29 is 9.53 Å². The monoisotopic (exact) mass is 326 g/mol. The van der Waals surface area contributed by atoms with Gasteiger partial charge in [-0.2, -0.15) is 16.9 Å². The first-order valence-corrected chi connectivity index (χ1v) is 8.61. The highest BCUT2D eigenvalue weighted by atomic mass is 32.2. The maximum atomic E-state index is 12.0. The molecule has 1 aliphatic rings. The first kappa shape index (κ1) is 15.6. The molecule has 1 saturated heterocycles. The summed E-state index contributed by atoms with van der Waals surface area (Å²) in [6.45, 7) is 1.95. The third-order valence-corrected chi connectivity index (χ3v) is 4.67. The largest absolute Gasteiger partial charge is 0.489 e. The number of hydrazone groups is 1. The Kier molecular flexibility index (Phi) is 4.98. The molecule has 0 radical (unpaired) electrons. The lowest BCUT2D eigenvalue weighted by Crippen LogP contribution is -2.30. The number of nitrogens with one attached hydrogen (secondary N) is 1. The summed E-state index contributed by atoms with van der Waals surface area (Å²) in [7, 11) is 0. The van der Waals surface area contributed by atoms with Crippen molar-refractivity contribution in [3.05, 3.63) is 65.2 Å². The van der Waals surface area contributed by atoms with Crippen molar-refractivity contribution in [1.82, 2.24) is 5.43 Å². The number of nitrogens with zero attached hydrogens (tertiary/aromatic N) is 1. The van der Waals surface area contributed by atoms with Crippen LogP contribution >= 0.6 is 11.8 Å². The van der Waals surface area contributed by atoms with Crippen LogP contribution in [0, 0.1) is 6.92 Å². The number of benzene rings is 2. The molecule has 1 heterocycles. The van der Waals surface area contributed by atoms with Crippen LogP contribution in [0.25, 0.3) is 0 Å². The predicted molar refractivity (Wildman–Crippen MR) is 94.4 cm³/mol. The van der Waals surface area contributed by atoms with Crippen molar-refractivity contribution in [3.8, 4) is 5.75 Å². The normalized spacial score (nSPS) is 14.5. The minimum atomic E-state index is -0.215. The number of carbonyl (C=O) groups excluding carboxylic acids is 1. The molecule has 0 aromatic heterocycles. The molecule has 1 amide bonds. The van der Waals surface area contributed by atoms with E-state index in [0.29, 0.717) is 11.7 Å². The molecule has 4 nitrogen and oxygen atoms in total. The summed E-state index contributed by atoms with van der Waals surface area (Å²) in [5.74, 6) is 2.78. The van der Waals surface area contributed by atoms with E-state index in [2.05, 4.69) is 10.5 Å². The van der Waals surface area contributed by atoms with Crippen molar-refractivity contribution in [3.63, 3.8) is 0 Å². The van der Waals surface area contributed by atoms with Gasteiger partial charge in [0, 0.05) is 17.1 Å². The molecule has 0 unspecified atom stereocenters. The van der Waals surface area contributed by atoms with E-state index in [9.17, 15) is 4.79 Å². The topological polar surface area (TPSA) is 50.7 Å². The molecule has 2 aromatic carbocycles. The van der Waals surface area contributed by atoms with E-state index >= 15 is 0 Å². The second kappa shape index (κ2) is 7.33. The molecule has 0 bridgehead atoms. The Morgan fingerprint density at radius 1 is 1.26 bits per heavy atom. The number of hydrogen-bond acceptors (Lipinski definition) is 4. The Balaban J connectivity index is 1.54. The second-order valence-corrected chi connectivity index (χ2v) is 6.49. The minimum Gasteiger partial charge on any atom is -0.489 e. The molecule has 0 spiro atoms. The van der Waals surface area contributed by atoms with E-state index < -0.39 is 0 Å². The SMILES string of the molecule is Cc1cccc(C(=O)N/N=C/c2ccc(OC3CSC3)cc2)c1. The molecule has 1 N–H and O–H groups in total. The Labute approximate surface area is 139 Å². The summed E-state index contributed by atoms with van der Waals surface area (Å²) in [4.78, 5) is 12.0. The summed E-state index contributed by atoms with van der Waals surface area (Å²) < 4.78 is 5.78. The van der Waals surface area contributed by atoms with E-state index in [4.69, 9.17) is 4.74 Å². The fourth-order valence-corrected chi connectivity index (χ4v) is 2.69. The minimum absolute atomic E-state index is 0.215. The molecule has 0 atom stereocenters. The number of hydrogen-bond donors (Lipinski definition) is 1. The van der Waals surface area contributed by atoms with E-state index in [-0.39, 0.29) is 5.91 Å². The van der Waals surface area contributed by atoms with Gasteiger partial charge in [-0.25, -0.2) is 5.43 Å². The summed E-state index contributed by atoms with van der Waals surface area (Å²) >= 11 is 1.89. The van der Waals surface area contributed by atoms with Gasteiger partial charge in [-0.1, -0.05) is 17.7 Å². The van der Waals surface area contributed by atoms with Gasteiger partial charge < -0.3 is 4.74 Å². The molecule has 1 fully saturated rings. The highest BCUT2D eigenvalue weighted by Crippen LogP contribution is 2.23. The van der Waals surface area contributed by atoms with Gasteiger partial charge in [0.25, 0.3) is 5.91 Å². The van der Waals surface area contributed by atoms with Crippen LogP contribution in [0.4, 0.5) is 0 Å². The van der Waals surface area contributed by atoms with Gasteiger partial charge in [-0.3, -0.25) is 4.79 Å². The smallest absolute Gasteiger partial charge is 0.271 e. The zero-order chi connectivity index (χ0) is 16.1. The van der Waals surface area contributed by atoms with Gasteiger partial charge in [0.05, 0.1) is 6.21 Å². The van der Waals surface area contributed by atoms with Crippen LogP contribution < -0.4 is 10.2 Å². The van der Waals surface area contributed by atoms with Crippen LogP contribution in [-0.2, 0) is 0 Å². The van der Waals surface area contributed by atoms with Crippen LogP contribution in [-0.4, -0.2) is 29.7 Å². The molecule has 118 valence electrons. The second-order valence-electron chi connectivity index (χ2n) is 5.41. The molecule has 0 saturated carbocycles. The molecule has 0 aliphatic carbocycles. The van der Waals surface area contributed by atoms with Gasteiger partial charge in [0.1, 0.15) is 11.9 Å². The van der Waals surface area contributed by atoms with E-state index in [1.165, 1.54) is 0 Å². The Morgan fingerprint density at radius 3 is 2.70 bits per heavy atom.